The molecule has 1 N–H and O–H groups in total. The molecule has 3 fully saturated rings. The van der Waals surface area contributed by atoms with E-state index in [0.29, 0.717) is 12.5 Å². The molecule has 2 atom stereocenters. The maximum absolute atomic E-state index is 12.6. The predicted molar refractivity (Wildman–Crippen MR) is 75.2 cm³/mol. The SMILES string of the molecule is CN(C)C(=O)N1C[C@@H]2C(=O)N(C)C3(CCNCC3)[C@@H]2C1. The number of carbonyl (C=O) groups excluding carboxylic acids is 2. The quantitative estimate of drug-likeness (QED) is 0.669. The van der Waals surface area contributed by atoms with Gasteiger partial charge in [-0.2, -0.15) is 0 Å². The lowest BCUT2D eigenvalue weighted by Crippen LogP contribution is -2.55. The highest BCUT2D eigenvalue weighted by atomic mass is 16.2. The molecule has 3 saturated heterocycles. The summed E-state index contributed by atoms with van der Waals surface area (Å²) in [6.45, 7) is 3.22. The van der Waals surface area contributed by atoms with Gasteiger partial charge in [0.1, 0.15) is 0 Å². The summed E-state index contributed by atoms with van der Waals surface area (Å²) < 4.78 is 0. The van der Waals surface area contributed by atoms with Crippen LogP contribution in [0.15, 0.2) is 0 Å². The fourth-order valence-corrected chi connectivity index (χ4v) is 4.32. The Balaban J connectivity index is 1.85. The number of nitrogens with one attached hydrogen (secondary N) is 1. The molecule has 112 valence electrons. The Hall–Kier alpha value is -1.30. The van der Waals surface area contributed by atoms with E-state index >= 15 is 0 Å². The van der Waals surface area contributed by atoms with Crippen LogP contribution in [-0.4, -0.2) is 79.5 Å². The Labute approximate surface area is 120 Å². The van der Waals surface area contributed by atoms with Crippen LogP contribution in [0.25, 0.3) is 0 Å². The number of piperidine rings is 1. The minimum absolute atomic E-state index is 0.00185. The van der Waals surface area contributed by atoms with Gasteiger partial charge in [0.25, 0.3) is 0 Å². The summed E-state index contributed by atoms with van der Waals surface area (Å²) in [5, 5.41) is 3.38. The summed E-state index contributed by atoms with van der Waals surface area (Å²) in [4.78, 5) is 30.1. The topological polar surface area (TPSA) is 55.9 Å². The number of carbonyl (C=O) groups is 2. The highest BCUT2D eigenvalue weighted by molar-refractivity contribution is 5.85. The molecule has 0 bridgehead atoms. The summed E-state index contributed by atoms with van der Waals surface area (Å²) in [5.41, 5.74) is -0.0334. The molecular weight excluding hydrogens is 256 g/mol. The Morgan fingerprint density at radius 1 is 1.30 bits per heavy atom. The minimum atomic E-state index is -0.0334. The molecule has 3 amide bonds. The standard InChI is InChI=1S/C14H24N4O2/c1-16(2)13(20)18-8-10-11(9-18)14(17(3)12(10)19)4-6-15-7-5-14/h10-11,15H,4-9H2,1-3H3/t10-,11+/m0/s1. The molecule has 3 aliphatic rings. The zero-order valence-electron chi connectivity index (χ0n) is 12.6. The van der Waals surface area contributed by atoms with Gasteiger partial charge in [-0.3, -0.25) is 4.79 Å². The van der Waals surface area contributed by atoms with Crippen molar-refractivity contribution < 1.29 is 9.59 Å². The molecule has 0 radical (unpaired) electrons. The molecule has 1 spiro atoms. The van der Waals surface area contributed by atoms with Gasteiger partial charge in [-0.15, -0.1) is 0 Å². The normalized spacial score (nSPS) is 31.9. The van der Waals surface area contributed by atoms with Gasteiger partial charge in [-0.25, -0.2) is 4.79 Å². The molecule has 20 heavy (non-hydrogen) atoms. The second-order valence-corrected chi connectivity index (χ2v) is 6.55. The molecule has 0 aromatic heterocycles. The van der Waals surface area contributed by atoms with Crippen LogP contribution >= 0.6 is 0 Å². The number of hydrogen-bond acceptors (Lipinski definition) is 3. The first-order valence-electron chi connectivity index (χ1n) is 7.42. The molecular formula is C14H24N4O2. The average molecular weight is 280 g/mol. The van der Waals surface area contributed by atoms with E-state index in [9.17, 15) is 9.59 Å². The van der Waals surface area contributed by atoms with Crippen molar-refractivity contribution in [3.05, 3.63) is 0 Å². The van der Waals surface area contributed by atoms with Crippen molar-refractivity contribution in [2.75, 3.05) is 47.3 Å². The average Bonchev–Trinajstić information content (AvgIpc) is 2.96. The highest BCUT2D eigenvalue weighted by Gasteiger charge is 2.60. The Morgan fingerprint density at radius 3 is 2.55 bits per heavy atom. The number of urea groups is 1. The minimum Gasteiger partial charge on any atom is -0.339 e. The molecule has 6 heteroatoms. The summed E-state index contributed by atoms with van der Waals surface area (Å²) in [5.74, 6) is 0.527. The van der Waals surface area contributed by atoms with E-state index in [-0.39, 0.29) is 23.4 Å². The van der Waals surface area contributed by atoms with E-state index in [0.717, 1.165) is 32.5 Å². The first-order chi connectivity index (χ1) is 9.47. The van der Waals surface area contributed by atoms with E-state index in [2.05, 4.69) is 5.32 Å². The largest absolute Gasteiger partial charge is 0.339 e. The number of fused-ring (bicyclic) bond motifs is 2. The molecule has 0 aromatic carbocycles. The predicted octanol–water partition coefficient (Wildman–Crippen LogP) is -0.190. The van der Waals surface area contributed by atoms with Crippen LogP contribution < -0.4 is 5.32 Å². The summed E-state index contributed by atoms with van der Waals surface area (Å²) in [6, 6.07) is 0.0268. The van der Waals surface area contributed by atoms with Gasteiger partial charge in [0.05, 0.1) is 11.5 Å². The monoisotopic (exact) mass is 280 g/mol. The lowest BCUT2D eigenvalue weighted by molar-refractivity contribution is -0.133. The number of nitrogens with zero attached hydrogens (tertiary/aromatic N) is 3. The summed E-state index contributed by atoms with van der Waals surface area (Å²) in [6.07, 6.45) is 2.00. The summed E-state index contributed by atoms with van der Waals surface area (Å²) >= 11 is 0. The van der Waals surface area contributed by atoms with Crippen LogP contribution in [0.4, 0.5) is 4.79 Å². The zero-order chi connectivity index (χ0) is 14.5. The van der Waals surface area contributed by atoms with E-state index in [1.54, 1.807) is 19.0 Å². The molecule has 0 aromatic rings. The second kappa shape index (κ2) is 4.62. The fourth-order valence-electron chi connectivity index (χ4n) is 4.32. The van der Waals surface area contributed by atoms with Crippen molar-refractivity contribution in [1.82, 2.24) is 20.0 Å². The molecule has 3 rings (SSSR count). The van der Waals surface area contributed by atoms with Gasteiger partial charge in [0.15, 0.2) is 0 Å². The van der Waals surface area contributed by atoms with E-state index in [1.807, 2.05) is 16.8 Å². The maximum atomic E-state index is 12.6. The second-order valence-electron chi connectivity index (χ2n) is 6.55. The van der Waals surface area contributed by atoms with E-state index < -0.39 is 0 Å². The van der Waals surface area contributed by atoms with Crippen LogP contribution in [-0.2, 0) is 4.79 Å². The zero-order valence-corrected chi connectivity index (χ0v) is 12.6. The third-order valence-electron chi connectivity index (χ3n) is 5.45. The highest BCUT2D eigenvalue weighted by Crippen LogP contribution is 2.48. The smallest absolute Gasteiger partial charge is 0.319 e. The molecule has 0 saturated carbocycles. The van der Waals surface area contributed by atoms with Crippen LogP contribution in [0.3, 0.4) is 0 Å². The van der Waals surface area contributed by atoms with Gasteiger partial charge in [-0.05, 0) is 25.9 Å². The number of likely N-dealkylation sites (tertiary alicyclic amines) is 2. The number of hydrogen-bond donors (Lipinski definition) is 1. The molecule has 0 aliphatic carbocycles. The van der Waals surface area contributed by atoms with Crippen molar-refractivity contribution in [2.45, 2.75) is 18.4 Å². The van der Waals surface area contributed by atoms with Crippen LogP contribution in [0, 0.1) is 11.8 Å². The van der Waals surface area contributed by atoms with Crippen molar-refractivity contribution in [3.8, 4) is 0 Å². The lowest BCUT2D eigenvalue weighted by atomic mass is 9.75. The molecule has 3 heterocycles. The van der Waals surface area contributed by atoms with Gasteiger partial charge in [0, 0.05) is 40.2 Å². The Kier molecular flexibility index (Phi) is 3.16. The van der Waals surface area contributed by atoms with Gasteiger partial charge < -0.3 is 20.0 Å². The lowest BCUT2D eigenvalue weighted by Gasteiger charge is -2.44. The molecule has 3 aliphatic heterocycles. The van der Waals surface area contributed by atoms with Crippen LogP contribution in [0.1, 0.15) is 12.8 Å². The van der Waals surface area contributed by atoms with Crippen molar-refractivity contribution in [2.24, 2.45) is 11.8 Å². The Bertz CT molecular complexity index is 431. The van der Waals surface area contributed by atoms with Crippen molar-refractivity contribution in [3.63, 3.8) is 0 Å². The van der Waals surface area contributed by atoms with Crippen molar-refractivity contribution in [1.29, 1.82) is 0 Å². The maximum Gasteiger partial charge on any atom is 0.319 e. The number of rotatable bonds is 0. The van der Waals surface area contributed by atoms with E-state index in [1.165, 1.54) is 0 Å². The fraction of sp³-hybridized carbons (Fsp3) is 0.857. The third-order valence-corrected chi connectivity index (χ3v) is 5.45. The summed E-state index contributed by atoms with van der Waals surface area (Å²) in [7, 11) is 5.49. The van der Waals surface area contributed by atoms with Gasteiger partial charge in [0.2, 0.25) is 5.91 Å². The number of amides is 3. The molecule has 0 unspecified atom stereocenters. The van der Waals surface area contributed by atoms with E-state index in [4.69, 9.17) is 0 Å². The van der Waals surface area contributed by atoms with Crippen molar-refractivity contribution >= 4 is 11.9 Å². The van der Waals surface area contributed by atoms with Gasteiger partial charge >= 0.3 is 6.03 Å². The Morgan fingerprint density at radius 2 is 1.95 bits per heavy atom. The van der Waals surface area contributed by atoms with Crippen LogP contribution in [0.5, 0.6) is 0 Å². The first kappa shape index (κ1) is 13.7. The van der Waals surface area contributed by atoms with Crippen LogP contribution in [0.2, 0.25) is 0 Å². The first-order valence-corrected chi connectivity index (χ1v) is 7.42. The van der Waals surface area contributed by atoms with Gasteiger partial charge in [-0.1, -0.05) is 0 Å². The molecule has 6 nitrogen and oxygen atoms in total. The third kappa shape index (κ3) is 1.74.